The third-order valence-electron chi connectivity index (χ3n) is 3.33. The number of rotatable bonds is 0. The molecule has 5 aromatic carbocycles. The van der Waals surface area contributed by atoms with E-state index in [-0.39, 0.29) is 0 Å². The summed E-state index contributed by atoms with van der Waals surface area (Å²) in [7, 11) is 9.75. The van der Waals surface area contributed by atoms with Crippen molar-refractivity contribution < 1.29 is 14.2 Å². The Kier molecular flexibility index (Phi) is 67.8. The summed E-state index contributed by atoms with van der Waals surface area (Å²) in [5.41, 5.74) is 1.50. The molecule has 0 aliphatic rings. The van der Waals surface area contributed by atoms with Crippen LogP contribution in [0.1, 0.15) is 104 Å². The highest BCUT2D eigenvalue weighted by Gasteiger charge is 1.96. The molecular weight excluding hydrogens is 709 g/mol. The summed E-state index contributed by atoms with van der Waals surface area (Å²) in [6.45, 7) is 32.8. The molecule has 0 aromatic heterocycles. The van der Waals surface area contributed by atoms with Crippen LogP contribution >= 0.6 is 0 Å². The van der Waals surface area contributed by atoms with E-state index in [1.807, 2.05) is 182 Å². The van der Waals surface area contributed by atoms with Gasteiger partial charge < -0.3 is 14.2 Å². The largest absolute Gasteiger partial charge is 0.388 e. The van der Waals surface area contributed by atoms with Gasteiger partial charge in [-0.2, -0.15) is 0 Å². The Labute approximate surface area is 363 Å². The lowest BCUT2D eigenvalue weighted by molar-refractivity contribution is 0.277. The van der Waals surface area contributed by atoms with Gasteiger partial charge in [0, 0.05) is 42.7 Å². The Hall–Kier alpha value is -4.02. The van der Waals surface area contributed by atoms with E-state index in [1.54, 1.807) is 42.7 Å². The SMILES string of the molecule is CC(C)(C)C.CC(C)(C)C.CC(C)(C)C.CC(C)C.COC.COC.COC.c1ccccc1.c1ccccc1.c1ccccc1.c1ccccc1.c1ccccc1. The van der Waals surface area contributed by atoms with Crippen molar-refractivity contribution in [3.05, 3.63) is 182 Å². The van der Waals surface area contributed by atoms with Crippen molar-refractivity contribution in [2.24, 2.45) is 22.2 Å². The first-order chi connectivity index (χ1) is 27.0. The molecule has 0 spiro atoms. The van der Waals surface area contributed by atoms with Crippen LogP contribution in [0.4, 0.5) is 0 Å². The van der Waals surface area contributed by atoms with Crippen molar-refractivity contribution in [3.8, 4) is 0 Å². The highest BCUT2D eigenvalue weighted by atomic mass is 16.5. The van der Waals surface area contributed by atoms with E-state index in [2.05, 4.69) is 118 Å². The van der Waals surface area contributed by atoms with Gasteiger partial charge in [0.05, 0.1) is 0 Å². The zero-order valence-electron chi connectivity index (χ0n) is 41.6. The first-order valence-corrected chi connectivity index (χ1v) is 20.2. The second-order valence-electron chi connectivity index (χ2n) is 17.7. The summed E-state index contributed by atoms with van der Waals surface area (Å²) < 4.78 is 12.8. The Bertz CT molecular complexity index is 856. The summed E-state index contributed by atoms with van der Waals surface area (Å²) in [6, 6.07) is 60.0. The second kappa shape index (κ2) is 57.3. The van der Waals surface area contributed by atoms with Crippen molar-refractivity contribution >= 4 is 0 Å². The number of ether oxygens (including phenoxy) is 3. The third-order valence-corrected chi connectivity index (χ3v) is 3.33. The Morgan fingerprint density at radius 1 is 0.207 bits per heavy atom. The molecule has 0 radical (unpaired) electrons. The molecule has 0 saturated carbocycles. The number of benzene rings is 5. The van der Waals surface area contributed by atoms with E-state index in [9.17, 15) is 0 Å². The van der Waals surface area contributed by atoms with Gasteiger partial charge >= 0.3 is 0 Å². The lowest BCUT2D eigenvalue weighted by Crippen LogP contribution is -1.93. The Morgan fingerprint density at radius 2 is 0.224 bits per heavy atom. The van der Waals surface area contributed by atoms with E-state index in [0.717, 1.165) is 5.92 Å². The summed E-state index contributed by atoms with van der Waals surface area (Å²) in [5, 5.41) is 0. The van der Waals surface area contributed by atoms with Gasteiger partial charge in [0.15, 0.2) is 0 Å². The molecule has 332 valence electrons. The average Bonchev–Trinajstić information content (AvgIpc) is 3.15. The molecule has 5 aromatic rings. The highest BCUT2D eigenvalue weighted by Crippen LogP contribution is 2.09. The molecule has 0 fully saturated rings. The number of methoxy groups -OCH3 is 3. The van der Waals surface area contributed by atoms with Gasteiger partial charge in [0.2, 0.25) is 0 Å². The minimum Gasteiger partial charge on any atom is -0.388 e. The summed E-state index contributed by atoms with van der Waals surface area (Å²) in [6.07, 6.45) is 0. The van der Waals surface area contributed by atoms with E-state index in [1.165, 1.54) is 0 Å². The summed E-state index contributed by atoms with van der Waals surface area (Å²) in [5.74, 6) is 0.833. The third kappa shape index (κ3) is 200. The zero-order chi connectivity index (χ0) is 46.4. The van der Waals surface area contributed by atoms with Crippen molar-refractivity contribution in [1.29, 1.82) is 0 Å². The fraction of sp³-hybridized carbons (Fsp3) is 0.455. The first-order valence-electron chi connectivity index (χ1n) is 20.2. The van der Waals surface area contributed by atoms with Crippen LogP contribution in [0.3, 0.4) is 0 Å². The van der Waals surface area contributed by atoms with Crippen molar-refractivity contribution in [2.75, 3.05) is 42.7 Å². The van der Waals surface area contributed by atoms with Gasteiger partial charge in [0.1, 0.15) is 0 Å². The molecule has 0 unspecified atom stereocenters. The normalized spacial score (nSPS) is 8.79. The smallest absolute Gasteiger partial charge is 0.0351 e. The van der Waals surface area contributed by atoms with Crippen LogP contribution in [-0.2, 0) is 14.2 Å². The monoisotopic (exact) mass is 803 g/mol. The quantitative estimate of drug-likeness (QED) is 0.156. The molecule has 3 heteroatoms. The maximum absolute atomic E-state index is 4.25. The standard InChI is InChI=1S/5C6H6.3C5H12.C4H10.3C2H6O/c5*1-2-4-6-5-3-1;3*1-5(2,3)4;1-4(2)3;3*1-3-2/h5*1-6H;3*1-4H3;4H,1-3H3;3*1-2H3. The maximum atomic E-state index is 4.25. The molecule has 0 aliphatic heterocycles. The van der Waals surface area contributed by atoms with Gasteiger partial charge in [-0.1, -0.05) is 286 Å². The molecular formula is C55H94O3. The van der Waals surface area contributed by atoms with Crippen molar-refractivity contribution in [1.82, 2.24) is 0 Å². The lowest BCUT2D eigenvalue weighted by atomic mass is 10.0. The predicted molar refractivity (Wildman–Crippen MR) is 267 cm³/mol. The van der Waals surface area contributed by atoms with E-state index >= 15 is 0 Å². The minimum absolute atomic E-state index is 0.500. The van der Waals surface area contributed by atoms with Crippen LogP contribution in [0.15, 0.2) is 182 Å². The molecule has 0 aliphatic carbocycles. The van der Waals surface area contributed by atoms with Gasteiger partial charge in [-0.05, 0) is 22.2 Å². The zero-order valence-corrected chi connectivity index (χ0v) is 41.6. The van der Waals surface area contributed by atoms with Gasteiger partial charge in [-0.15, -0.1) is 0 Å². The Morgan fingerprint density at radius 3 is 0.241 bits per heavy atom. The van der Waals surface area contributed by atoms with Crippen LogP contribution < -0.4 is 0 Å². The summed E-state index contributed by atoms with van der Waals surface area (Å²) >= 11 is 0. The fourth-order valence-electron chi connectivity index (χ4n) is 1.92. The topological polar surface area (TPSA) is 27.7 Å². The van der Waals surface area contributed by atoms with Crippen molar-refractivity contribution in [2.45, 2.75) is 104 Å². The average molecular weight is 803 g/mol. The highest BCUT2D eigenvalue weighted by molar-refractivity contribution is 5.01. The molecule has 0 saturated heterocycles. The van der Waals surface area contributed by atoms with Crippen LogP contribution in [0.25, 0.3) is 0 Å². The fourth-order valence-corrected chi connectivity index (χ4v) is 1.92. The van der Waals surface area contributed by atoms with Gasteiger partial charge in [-0.3, -0.25) is 0 Å². The van der Waals surface area contributed by atoms with Crippen LogP contribution in [0.5, 0.6) is 0 Å². The number of hydrogen-bond donors (Lipinski definition) is 0. The van der Waals surface area contributed by atoms with Crippen LogP contribution in [0, 0.1) is 22.2 Å². The van der Waals surface area contributed by atoms with Crippen LogP contribution in [-0.4, -0.2) is 42.7 Å². The van der Waals surface area contributed by atoms with Crippen molar-refractivity contribution in [3.63, 3.8) is 0 Å². The second-order valence-corrected chi connectivity index (χ2v) is 17.7. The maximum Gasteiger partial charge on any atom is 0.0351 e. The molecule has 0 atom stereocenters. The van der Waals surface area contributed by atoms with E-state index in [4.69, 9.17) is 0 Å². The van der Waals surface area contributed by atoms with Gasteiger partial charge in [-0.25, -0.2) is 0 Å². The first kappa shape index (κ1) is 68.6. The molecule has 0 heterocycles. The number of hydrogen-bond acceptors (Lipinski definition) is 3. The van der Waals surface area contributed by atoms with Crippen LogP contribution in [0.2, 0.25) is 0 Å². The molecule has 5 rings (SSSR count). The van der Waals surface area contributed by atoms with E-state index < -0.39 is 0 Å². The Balaban J connectivity index is -0.0000000987. The molecule has 0 N–H and O–H groups in total. The lowest BCUT2D eigenvalue weighted by Gasteiger charge is -2.05. The minimum atomic E-state index is 0.500. The predicted octanol–water partition coefficient (Wildman–Crippen LogP) is 17.0. The van der Waals surface area contributed by atoms with E-state index in [0.29, 0.717) is 16.2 Å². The van der Waals surface area contributed by atoms with Gasteiger partial charge in [0.25, 0.3) is 0 Å². The molecule has 0 amide bonds. The molecule has 0 bridgehead atoms. The molecule has 3 nitrogen and oxygen atoms in total. The molecule has 58 heavy (non-hydrogen) atoms. The summed E-state index contributed by atoms with van der Waals surface area (Å²) in [4.78, 5) is 0.